The Morgan fingerprint density at radius 3 is 1.47 bits per heavy atom. The lowest BCUT2D eigenvalue weighted by atomic mass is 9.47. The van der Waals surface area contributed by atoms with E-state index in [-0.39, 0.29) is 23.0 Å². The number of hydrogen-bond donors (Lipinski definition) is 0. The van der Waals surface area contributed by atoms with Gasteiger partial charge in [-0.2, -0.15) is 0 Å². The van der Waals surface area contributed by atoms with Crippen LogP contribution < -0.4 is 0 Å². The van der Waals surface area contributed by atoms with Crippen LogP contribution in [-0.2, 0) is 9.47 Å². The van der Waals surface area contributed by atoms with Crippen molar-refractivity contribution in [1.29, 1.82) is 0 Å². The molecule has 16 atom stereocenters. The summed E-state index contributed by atoms with van der Waals surface area (Å²) in [7, 11) is 0. The van der Waals surface area contributed by atoms with Crippen molar-refractivity contribution in [2.24, 2.45) is 92.7 Å². The maximum atomic E-state index is 13.5. The number of ether oxygens (including phenoxy) is 2. The number of rotatable bonds is 11. The van der Waals surface area contributed by atoms with Gasteiger partial charge in [0.1, 0.15) is 12.2 Å². The summed E-state index contributed by atoms with van der Waals surface area (Å²) in [5, 5.41) is 0. The predicted molar refractivity (Wildman–Crippen MR) is 237 cm³/mol. The Balaban J connectivity index is 0.843. The first-order valence-corrected chi connectivity index (χ1v) is 25.3. The molecule has 8 rings (SSSR count). The molecule has 0 amide bonds. The lowest BCUT2D eigenvalue weighted by Crippen LogP contribution is -2.51. The second-order valence-electron chi connectivity index (χ2n) is 24.4. The number of carbonyl (C=O) groups is 1. The summed E-state index contributed by atoms with van der Waals surface area (Å²) in [4.78, 5) is 13.5. The first kappa shape index (κ1) is 42.4. The maximum absolute atomic E-state index is 13.5. The fourth-order valence-electron chi connectivity index (χ4n) is 17.6. The Morgan fingerprint density at radius 1 is 0.561 bits per heavy atom. The van der Waals surface area contributed by atoms with Crippen molar-refractivity contribution in [3.8, 4) is 0 Å². The molecule has 322 valence electrons. The standard InChI is InChI=1S/C54H88O3/c1-34(2)12-11-13-36(5)44-20-22-46-42-18-16-38-32-40(24-28-51(38,7)48(42)26-30-53(44,46)9)56-50(55)57-41-25-29-52(8)39(33-41)17-19-43-47-23-21-45(37(6)15-14-35(3)4)54(47,10)31-27-49(43)52/h16-17,34-37,40-49H,11-15,18-33H2,1-10H3/t36-,37+,40-,41+,42-,43-,44-,45-,46+,47-,48+,49-,51-,52+,53-,54+/m0/s1. The van der Waals surface area contributed by atoms with E-state index >= 15 is 0 Å². The number of fused-ring (bicyclic) bond motifs is 10. The third-order valence-corrected chi connectivity index (χ3v) is 20.8. The highest BCUT2D eigenvalue weighted by Crippen LogP contribution is 2.69. The average molecular weight is 785 g/mol. The van der Waals surface area contributed by atoms with Crippen molar-refractivity contribution in [3.05, 3.63) is 23.3 Å². The Labute approximate surface area is 351 Å². The minimum absolute atomic E-state index is 0.0341. The summed E-state index contributed by atoms with van der Waals surface area (Å²) in [5.74, 6) is 10.2. The number of carbonyl (C=O) groups excluding carboxylic acids is 1. The van der Waals surface area contributed by atoms with Crippen LogP contribution in [0.4, 0.5) is 4.79 Å². The van der Waals surface area contributed by atoms with E-state index < -0.39 is 6.16 Å². The molecule has 0 saturated heterocycles. The highest BCUT2D eigenvalue weighted by molar-refractivity contribution is 5.60. The molecule has 3 nitrogen and oxygen atoms in total. The molecule has 0 aromatic carbocycles. The zero-order chi connectivity index (χ0) is 40.5. The maximum Gasteiger partial charge on any atom is 0.508 e. The molecule has 6 saturated carbocycles. The van der Waals surface area contributed by atoms with Gasteiger partial charge in [0.05, 0.1) is 0 Å². The summed E-state index contributed by atoms with van der Waals surface area (Å²) < 4.78 is 12.5. The second kappa shape index (κ2) is 16.2. The van der Waals surface area contributed by atoms with Gasteiger partial charge in [0.25, 0.3) is 0 Å². The molecule has 8 aliphatic rings. The lowest BCUT2D eigenvalue weighted by Gasteiger charge is -2.58. The minimum Gasteiger partial charge on any atom is -0.431 e. The van der Waals surface area contributed by atoms with Crippen molar-refractivity contribution in [1.82, 2.24) is 0 Å². The molecule has 0 heterocycles. The summed E-state index contributed by atoms with van der Waals surface area (Å²) in [6, 6.07) is 0. The van der Waals surface area contributed by atoms with E-state index in [1.807, 2.05) is 0 Å². The third-order valence-electron chi connectivity index (χ3n) is 20.8. The molecule has 0 aromatic rings. The van der Waals surface area contributed by atoms with Crippen LogP contribution >= 0.6 is 0 Å². The average Bonchev–Trinajstić information content (AvgIpc) is 3.71. The third kappa shape index (κ3) is 7.58. The molecule has 0 spiro atoms. The Bertz CT molecular complexity index is 1510. The van der Waals surface area contributed by atoms with Gasteiger partial charge in [0.2, 0.25) is 0 Å². The molecule has 0 N–H and O–H groups in total. The van der Waals surface area contributed by atoms with Crippen LogP contribution in [0.2, 0.25) is 0 Å². The largest absolute Gasteiger partial charge is 0.508 e. The fourth-order valence-corrected chi connectivity index (χ4v) is 17.6. The molecule has 0 bridgehead atoms. The first-order valence-electron chi connectivity index (χ1n) is 25.3. The zero-order valence-corrected chi connectivity index (χ0v) is 38.8. The van der Waals surface area contributed by atoms with E-state index in [1.54, 1.807) is 11.1 Å². The molecule has 0 aliphatic heterocycles. The van der Waals surface area contributed by atoms with Crippen LogP contribution in [0, 0.1) is 92.7 Å². The van der Waals surface area contributed by atoms with Gasteiger partial charge in [0, 0.05) is 12.8 Å². The SMILES string of the molecule is CC(C)CCC[C@H](C)[C@@H]1CC[C@@H]2[C@@H]3CC=C4C[C@@H](OC(=O)O[C@@H]5CC[C@]6(C)C(=CC[C@H]7[C@@H]8CC[C@@H]([C@H](C)CCC(C)C)[C@@]8(C)CC[C@@H]76)C5)CC[C@]4(C)[C@@H]3CC[C@]21C. The Morgan fingerprint density at radius 2 is 1.02 bits per heavy atom. The minimum atomic E-state index is -0.397. The smallest absolute Gasteiger partial charge is 0.431 e. The van der Waals surface area contributed by atoms with Crippen LogP contribution in [0.5, 0.6) is 0 Å². The fraction of sp³-hybridized carbons (Fsp3) is 0.907. The van der Waals surface area contributed by atoms with Crippen molar-refractivity contribution in [2.75, 3.05) is 0 Å². The van der Waals surface area contributed by atoms with Crippen LogP contribution in [0.15, 0.2) is 23.3 Å². The Kier molecular flexibility index (Phi) is 12.1. The molecular formula is C54H88O3. The van der Waals surface area contributed by atoms with Gasteiger partial charge in [-0.3, -0.25) is 0 Å². The summed E-state index contributed by atoms with van der Waals surface area (Å²) in [6.07, 6.45) is 31.8. The molecule has 0 aromatic heterocycles. The normalized spacial score (nSPS) is 46.0. The van der Waals surface area contributed by atoms with Gasteiger partial charge in [-0.05, 0) is 183 Å². The highest BCUT2D eigenvalue weighted by Gasteiger charge is 2.61. The van der Waals surface area contributed by atoms with E-state index in [4.69, 9.17) is 9.47 Å². The van der Waals surface area contributed by atoms with Gasteiger partial charge in [0.15, 0.2) is 0 Å². The van der Waals surface area contributed by atoms with Gasteiger partial charge in [-0.15, -0.1) is 0 Å². The number of hydrogen-bond acceptors (Lipinski definition) is 3. The van der Waals surface area contributed by atoms with Gasteiger partial charge >= 0.3 is 6.16 Å². The molecule has 8 aliphatic carbocycles. The predicted octanol–water partition coefficient (Wildman–Crippen LogP) is 15.6. The summed E-state index contributed by atoms with van der Waals surface area (Å²) in [5.41, 5.74) is 4.80. The molecule has 3 heteroatoms. The summed E-state index contributed by atoms with van der Waals surface area (Å²) >= 11 is 0. The molecule has 6 fully saturated rings. The molecule has 0 unspecified atom stereocenters. The van der Waals surface area contributed by atoms with Crippen molar-refractivity contribution in [2.45, 2.75) is 216 Å². The monoisotopic (exact) mass is 785 g/mol. The number of allylic oxidation sites excluding steroid dienone is 2. The van der Waals surface area contributed by atoms with E-state index in [0.29, 0.717) is 10.8 Å². The highest BCUT2D eigenvalue weighted by atomic mass is 16.7. The Hall–Kier alpha value is -1.25. The molecule has 57 heavy (non-hydrogen) atoms. The van der Waals surface area contributed by atoms with Crippen molar-refractivity contribution >= 4 is 6.16 Å². The topological polar surface area (TPSA) is 35.5 Å². The lowest BCUT2D eigenvalue weighted by molar-refractivity contribution is -0.0717. The van der Waals surface area contributed by atoms with E-state index in [2.05, 4.69) is 81.4 Å². The molecular weight excluding hydrogens is 697 g/mol. The van der Waals surface area contributed by atoms with E-state index in [9.17, 15) is 4.79 Å². The van der Waals surface area contributed by atoms with Crippen molar-refractivity contribution in [3.63, 3.8) is 0 Å². The van der Waals surface area contributed by atoms with E-state index in [0.717, 1.165) is 110 Å². The van der Waals surface area contributed by atoms with Gasteiger partial charge in [-0.25, -0.2) is 4.79 Å². The quantitative estimate of drug-likeness (QED) is 0.155. The second-order valence-corrected chi connectivity index (χ2v) is 24.4. The van der Waals surface area contributed by atoms with E-state index in [1.165, 1.54) is 96.3 Å². The van der Waals surface area contributed by atoms with Crippen LogP contribution in [0.3, 0.4) is 0 Å². The van der Waals surface area contributed by atoms with Crippen molar-refractivity contribution < 1.29 is 14.3 Å². The van der Waals surface area contributed by atoms with Crippen LogP contribution in [-0.4, -0.2) is 18.4 Å². The van der Waals surface area contributed by atoms with Gasteiger partial charge in [-0.1, -0.05) is 125 Å². The van der Waals surface area contributed by atoms with Gasteiger partial charge < -0.3 is 9.47 Å². The zero-order valence-electron chi connectivity index (χ0n) is 38.8. The van der Waals surface area contributed by atoms with Crippen LogP contribution in [0.1, 0.15) is 204 Å². The first-order chi connectivity index (χ1) is 27.1. The molecule has 0 radical (unpaired) electrons. The summed E-state index contributed by atoms with van der Waals surface area (Å²) in [6.45, 7) is 25.3. The van der Waals surface area contributed by atoms with Crippen LogP contribution in [0.25, 0.3) is 0 Å².